The topological polar surface area (TPSA) is 72.2 Å². The third-order valence-corrected chi connectivity index (χ3v) is 3.50. The number of hydrogen-bond donors (Lipinski definition) is 1. The summed E-state index contributed by atoms with van der Waals surface area (Å²) in [6.07, 6.45) is 3.61. The van der Waals surface area contributed by atoms with E-state index < -0.39 is 4.92 Å². The average molecular weight is 299 g/mol. The first-order chi connectivity index (χ1) is 9.49. The Hall–Kier alpha value is -1.62. The summed E-state index contributed by atoms with van der Waals surface area (Å²) >= 11 is 5.73. The van der Waals surface area contributed by atoms with E-state index in [9.17, 15) is 14.9 Å². The Bertz CT molecular complexity index is 491. The Morgan fingerprint density at radius 2 is 2.15 bits per heavy atom. The number of carbonyl (C=O) groups is 1. The number of unbranched alkanes of at least 4 members (excludes halogenated alkanes) is 1. The van der Waals surface area contributed by atoms with Crippen molar-refractivity contribution < 1.29 is 9.72 Å². The molecule has 0 radical (unpaired) electrons. The molecule has 0 heterocycles. The van der Waals surface area contributed by atoms with Crippen molar-refractivity contribution >= 4 is 28.9 Å². The molecule has 0 aliphatic heterocycles. The first kappa shape index (κ1) is 16.4. The molecule has 0 saturated heterocycles. The zero-order chi connectivity index (χ0) is 15.1. The third kappa shape index (κ3) is 4.49. The highest BCUT2D eigenvalue weighted by molar-refractivity contribution is 6.32. The summed E-state index contributed by atoms with van der Waals surface area (Å²) in [6.45, 7) is 4.04. The van der Waals surface area contributed by atoms with E-state index in [0.717, 1.165) is 25.7 Å². The molecule has 1 atom stereocenters. The van der Waals surface area contributed by atoms with Crippen molar-refractivity contribution in [2.45, 2.75) is 39.5 Å². The number of amides is 1. The molecular formula is C14H19ClN2O3. The van der Waals surface area contributed by atoms with Crippen molar-refractivity contribution in [2.75, 3.05) is 5.32 Å². The molecule has 0 aromatic heterocycles. The lowest BCUT2D eigenvalue weighted by Crippen LogP contribution is -2.22. The first-order valence-electron chi connectivity index (χ1n) is 6.74. The zero-order valence-electron chi connectivity index (χ0n) is 11.7. The van der Waals surface area contributed by atoms with Crippen molar-refractivity contribution in [3.63, 3.8) is 0 Å². The molecule has 0 aliphatic rings. The summed E-state index contributed by atoms with van der Waals surface area (Å²) in [5.74, 6) is -0.165. The highest BCUT2D eigenvalue weighted by atomic mass is 35.5. The van der Waals surface area contributed by atoms with Gasteiger partial charge in [0.2, 0.25) is 5.91 Å². The number of rotatable bonds is 7. The lowest BCUT2D eigenvalue weighted by atomic mass is 9.98. The monoisotopic (exact) mass is 298 g/mol. The largest absolute Gasteiger partial charge is 0.326 e. The number of nitrogens with zero attached hydrogens (tertiary/aromatic N) is 1. The van der Waals surface area contributed by atoms with Gasteiger partial charge in [-0.25, -0.2) is 0 Å². The Kier molecular flexibility index (Phi) is 6.45. The quantitative estimate of drug-likeness (QED) is 0.599. The molecule has 1 aromatic rings. The van der Waals surface area contributed by atoms with Gasteiger partial charge in [0.05, 0.1) is 4.92 Å². The van der Waals surface area contributed by atoms with Crippen LogP contribution in [0.2, 0.25) is 5.02 Å². The summed E-state index contributed by atoms with van der Waals surface area (Å²) in [6, 6.07) is 4.27. The zero-order valence-corrected chi connectivity index (χ0v) is 12.4. The average Bonchev–Trinajstić information content (AvgIpc) is 2.41. The van der Waals surface area contributed by atoms with Gasteiger partial charge in [0.25, 0.3) is 5.69 Å². The first-order valence-corrected chi connectivity index (χ1v) is 7.12. The molecule has 0 spiro atoms. The van der Waals surface area contributed by atoms with Gasteiger partial charge in [-0.15, -0.1) is 0 Å². The van der Waals surface area contributed by atoms with Crippen molar-refractivity contribution in [2.24, 2.45) is 5.92 Å². The summed E-state index contributed by atoms with van der Waals surface area (Å²) in [5, 5.41) is 13.6. The second-order valence-corrected chi connectivity index (χ2v) is 5.07. The Labute approximate surface area is 123 Å². The second kappa shape index (κ2) is 7.85. The van der Waals surface area contributed by atoms with Crippen LogP contribution in [0, 0.1) is 16.0 Å². The molecule has 1 amide bonds. The van der Waals surface area contributed by atoms with E-state index in [1.54, 1.807) is 6.07 Å². The number of halogens is 1. The minimum Gasteiger partial charge on any atom is -0.326 e. The highest BCUT2D eigenvalue weighted by Gasteiger charge is 2.18. The van der Waals surface area contributed by atoms with Crippen LogP contribution in [-0.4, -0.2) is 10.8 Å². The summed E-state index contributed by atoms with van der Waals surface area (Å²) < 4.78 is 0. The van der Waals surface area contributed by atoms with Gasteiger partial charge in [0.1, 0.15) is 5.02 Å². The number of nitro benzene ring substituents is 1. The van der Waals surface area contributed by atoms with Gasteiger partial charge >= 0.3 is 0 Å². The number of nitro groups is 1. The predicted octanol–water partition coefficient (Wildman–Crippen LogP) is 4.40. The third-order valence-electron chi connectivity index (χ3n) is 3.18. The van der Waals surface area contributed by atoms with Crippen LogP contribution in [0.1, 0.15) is 39.5 Å². The lowest BCUT2D eigenvalue weighted by Gasteiger charge is -2.14. The van der Waals surface area contributed by atoms with Crippen molar-refractivity contribution in [1.82, 2.24) is 0 Å². The minimum atomic E-state index is -0.563. The molecule has 0 bridgehead atoms. The molecular weight excluding hydrogens is 280 g/mol. The Balaban J connectivity index is 2.79. The molecule has 110 valence electrons. The van der Waals surface area contributed by atoms with Crippen LogP contribution in [-0.2, 0) is 4.79 Å². The smallest absolute Gasteiger partial charge is 0.289 e. The second-order valence-electron chi connectivity index (χ2n) is 4.66. The molecule has 6 heteroatoms. The van der Waals surface area contributed by atoms with Crippen molar-refractivity contribution in [1.29, 1.82) is 0 Å². The van der Waals surface area contributed by atoms with Crippen LogP contribution in [0.5, 0.6) is 0 Å². The lowest BCUT2D eigenvalue weighted by molar-refractivity contribution is -0.384. The van der Waals surface area contributed by atoms with Crippen LogP contribution in [0.4, 0.5) is 11.4 Å². The normalized spacial score (nSPS) is 11.9. The Morgan fingerprint density at radius 1 is 1.45 bits per heavy atom. The number of carbonyl (C=O) groups excluding carboxylic acids is 1. The molecule has 0 unspecified atom stereocenters. The van der Waals surface area contributed by atoms with Crippen LogP contribution in [0.3, 0.4) is 0 Å². The van der Waals surface area contributed by atoms with E-state index in [1.807, 2.05) is 6.92 Å². The van der Waals surface area contributed by atoms with Crippen LogP contribution in [0.15, 0.2) is 18.2 Å². The SMILES string of the molecule is CCCC[C@@H](CC)C(=O)Nc1ccc(Cl)c([N+](=O)[O-])c1. The summed E-state index contributed by atoms with van der Waals surface area (Å²) in [7, 11) is 0. The van der Waals surface area contributed by atoms with E-state index in [0.29, 0.717) is 5.69 Å². The molecule has 0 saturated carbocycles. The number of anilines is 1. The van der Waals surface area contributed by atoms with Crippen LogP contribution >= 0.6 is 11.6 Å². The fraction of sp³-hybridized carbons (Fsp3) is 0.500. The molecule has 5 nitrogen and oxygen atoms in total. The van der Waals surface area contributed by atoms with Gasteiger partial charge in [0, 0.05) is 17.7 Å². The fourth-order valence-electron chi connectivity index (χ4n) is 1.95. The minimum absolute atomic E-state index is 0.0611. The maximum atomic E-state index is 12.1. The molecule has 1 N–H and O–H groups in total. The molecule has 0 fully saturated rings. The van der Waals surface area contributed by atoms with E-state index in [2.05, 4.69) is 12.2 Å². The fourth-order valence-corrected chi connectivity index (χ4v) is 2.13. The van der Waals surface area contributed by atoms with Crippen molar-refractivity contribution in [3.05, 3.63) is 33.3 Å². The predicted molar refractivity (Wildman–Crippen MR) is 80.0 cm³/mol. The maximum Gasteiger partial charge on any atom is 0.289 e. The van der Waals surface area contributed by atoms with Gasteiger partial charge < -0.3 is 5.32 Å². The van der Waals surface area contributed by atoms with E-state index in [4.69, 9.17) is 11.6 Å². The van der Waals surface area contributed by atoms with Gasteiger partial charge in [-0.05, 0) is 25.0 Å². The van der Waals surface area contributed by atoms with Gasteiger partial charge in [-0.3, -0.25) is 14.9 Å². The molecule has 1 aromatic carbocycles. The summed E-state index contributed by atoms with van der Waals surface area (Å²) in [4.78, 5) is 22.3. The number of nitrogens with one attached hydrogen (secondary N) is 1. The summed E-state index contributed by atoms with van der Waals surface area (Å²) in [5.41, 5.74) is 0.201. The van der Waals surface area contributed by atoms with E-state index >= 15 is 0 Å². The van der Waals surface area contributed by atoms with Gasteiger partial charge in [0.15, 0.2) is 0 Å². The molecule has 1 rings (SSSR count). The number of benzene rings is 1. The van der Waals surface area contributed by atoms with E-state index in [-0.39, 0.29) is 22.5 Å². The number of hydrogen-bond acceptors (Lipinski definition) is 3. The Morgan fingerprint density at radius 3 is 2.70 bits per heavy atom. The standard InChI is InChI=1S/C14H19ClN2O3/c1-3-5-6-10(4-2)14(18)16-11-7-8-12(15)13(9-11)17(19)20/h7-10H,3-6H2,1-2H3,(H,16,18)/t10-/m1/s1. The van der Waals surface area contributed by atoms with Crippen molar-refractivity contribution in [3.8, 4) is 0 Å². The van der Waals surface area contributed by atoms with Gasteiger partial charge in [-0.1, -0.05) is 38.3 Å². The highest BCUT2D eigenvalue weighted by Crippen LogP contribution is 2.28. The van der Waals surface area contributed by atoms with Crippen LogP contribution in [0.25, 0.3) is 0 Å². The molecule has 20 heavy (non-hydrogen) atoms. The maximum absolute atomic E-state index is 12.1. The van der Waals surface area contributed by atoms with E-state index in [1.165, 1.54) is 12.1 Å². The van der Waals surface area contributed by atoms with Crippen LogP contribution < -0.4 is 5.32 Å². The van der Waals surface area contributed by atoms with Gasteiger partial charge in [-0.2, -0.15) is 0 Å². The molecule has 0 aliphatic carbocycles.